The fourth-order valence-corrected chi connectivity index (χ4v) is 1.71. The van der Waals surface area contributed by atoms with E-state index in [1.165, 1.54) is 6.07 Å². The molecule has 0 aliphatic heterocycles. The minimum Gasteiger partial charge on any atom is -0.454 e. The molecular formula is C11H9BrFNO. The van der Waals surface area contributed by atoms with E-state index in [1.54, 1.807) is 18.2 Å². The summed E-state index contributed by atoms with van der Waals surface area (Å²) in [6, 6.07) is 8.39. The van der Waals surface area contributed by atoms with E-state index >= 15 is 0 Å². The summed E-state index contributed by atoms with van der Waals surface area (Å²) in [5.74, 6) is 0.359. The van der Waals surface area contributed by atoms with E-state index < -0.39 is 5.82 Å². The summed E-state index contributed by atoms with van der Waals surface area (Å²) >= 11 is 3.21. The molecule has 2 N–H and O–H groups in total. The first-order valence-corrected chi connectivity index (χ1v) is 5.23. The Hall–Kier alpha value is -1.29. The third-order valence-electron chi connectivity index (χ3n) is 2.14. The highest BCUT2D eigenvalue weighted by molar-refractivity contribution is 9.10. The van der Waals surface area contributed by atoms with Crippen LogP contribution >= 0.6 is 15.9 Å². The summed E-state index contributed by atoms with van der Waals surface area (Å²) in [7, 11) is 0. The van der Waals surface area contributed by atoms with Gasteiger partial charge in [0.25, 0.3) is 0 Å². The Bertz CT molecular complexity index is 481. The normalized spacial score (nSPS) is 10.5. The Kier molecular flexibility index (Phi) is 2.77. The number of rotatable bonds is 2. The zero-order chi connectivity index (χ0) is 10.8. The van der Waals surface area contributed by atoms with Gasteiger partial charge in [0.2, 0.25) is 0 Å². The van der Waals surface area contributed by atoms with Gasteiger partial charge in [0, 0.05) is 6.42 Å². The van der Waals surface area contributed by atoms with Crippen molar-refractivity contribution in [1.29, 1.82) is 0 Å². The molecule has 0 radical (unpaired) electrons. The third-order valence-corrected chi connectivity index (χ3v) is 2.56. The monoisotopic (exact) mass is 269 g/mol. The molecule has 0 spiro atoms. The van der Waals surface area contributed by atoms with Crippen LogP contribution in [0.5, 0.6) is 0 Å². The van der Waals surface area contributed by atoms with E-state index in [9.17, 15) is 4.39 Å². The molecule has 1 aromatic carbocycles. The van der Waals surface area contributed by atoms with Crippen molar-refractivity contribution in [3.05, 3.63) is 52.1 Å². The molecular weight excluding hydrogens is 261 g/mol. The molecule has 1 aromatic heterocycles. The van der Waals surface area contributed by atoms with Crippen LogP contribution in [0.2, 0.25) is 0 Å². The fourth-order valence-electron chi connectivity index (χ4n) is 1.37. The second kappa shape index (κ2) is 4.06. The fraction of sp³-hybridized carbons (Fsp3) is 0.0909. The number of nitrogens with two attached hydrogens (primary N) is 1. The highest BCUT2D eigenvalue weighted by atomic mass is 79.9. The van der Waals surface area contributed by atoms with E-state index in [4.69, 9.17) is 10.2 Å². The number of hydrogen-bond acceptors (Lipinski definition) is 2. The number of para-hydroxylation sites is 1. The summed E-state index contributed by atoms with van der Waals surface area (Å²) in [5.41, 5.74) is 6.53. The molecule has 4 heteroatoms. The van der Waals surface area contributed by atoms with Gasteiger partial charge in [-0.05, 0) is 39.7 Å². The van der Waals surface area contributed by atoms with Gasteiger partial charge in [0.1, 0.15) is 11.6 Å². The molecule has 0 fully saturated rings. The smallest absolute Gasteiger partial charge is 0.169 e. The Morgan fingerprint density at radius 2 is 2.07 bits per heavy atom. The number of hydrogen-bond donors (Lipinski definition) is 1. The van der Waals surface area contributed by atoms with Crippen LogP contribution in [0.15, 0.2) is 39.4 Å². The van der Waals surface area contributed by atoms with Gasteiger partial charge in [-0.3, -0.25) is 0 Å². The van der Waals surface area contributed by atoms with Crippen LogP contribution in [0, 0.1) is 5.82 Å². The highest BCUT2D eigenvalue weighted by Gasteiger charge is 2.07. The molecule has 1 heterocycles. The largest absolute Gasteiger partial charge is 0.454 e. The molecule has 2 rings (SSSR count). The summed E-state index contributed by atoms with van der Waals surface area (Å²) in [6.45, 7) is 0. The van der Waals surface area contributed by atoms with Gasteiger partial charge < -0.3 is 10.2 Å². The molecule has 0 unspecified atom stereocenters. The van der Waals surface area contributed by atoms with Crippen molar-refractivity contribution >= 4 is 21.6 Å². The molecule has 0 aliphatic carbocycles. The van der Waals surface area contributed by atoms with Gasteiger partial charge in [-0.15, -0.1) is 0 Å². The molecule has 0 bridgehead atoms. The number of halogens is 2. The van der Waals surface area contributed by atoms with E-state index in [1.807, 2.05) is 6.07 Å². The number of furan rings is 1. The van der Waals surface area contributed by atoms with Crippen molar-refractivity contribution in [2.24, 2.45) is 0 Å². The zero-order valence-electron chi connectivity index (χ0n) is 7.84. The van der Waals surface area contributed by atoms with Gasteiger partial charge in [0.15, 0.2) is 4.67 Å². The van der Waals surface area contributed by atoms with Crippen molar-refractivity contribution in [3.63, 3.8) is 0 Å². The van der Waals surface area contributed by atoms with Crippen LogP contribution in [-0.4, -0.2) is 0 Å². The molecule has 0 amide bonds. The summed E-state index contributed by atoms with van der Waals surface area (Å²) in [4.78, 5) is 0. The van der Waals surface area contributed by atoms with E-state index in [0.29, 0.717) is 11.1 Å². The maximum Gasteiger partial charge on any atom is 0.169 e. The average Bonchev–Trinajstić information content (AvgIpc) is 2.59. The van der Waals surface area contributed by atoms with Gasteiger partial charge in [-0.1, -0.05) is 12.1 Å². The standard InChI is InChI=1S/C11H9BrFNO/c12-10-5-4-8(15-10)6-7-2-1-3-9(13)11(7)14/h1-5H,6,14H2. The average molecular weight is 270 g/mol. The Balaban J connectivity index is 2.28. The molecule has 0 aliphatic rings. The first kappa shape index (κ1) is 10.2. The molecule has 2 aromatic rings. The molecule has 2 nitrogen and oxygen atoms in total. The predicted octanol–water partition coefficient (Wildman–Crippen LogP) is 3.35. The topological polar surface area (TPSA) is 39.2 Å². The Morgan fingerprint density at radius 3 is 2.73 bits per heavy atom. The number of benzene rings is 1. The molecule has 0 atom stereocenters. The lowest BCUT2D eigenvalue weighted by atomic mass is 10.1. The Morgan fingerprint density at radius 1 is 1.27 bits per heavy atom. The first-order chi connectivity index (χ1) is 7.16. The highest BCUT2D eigenvalue weighted by Crippen LogP contribution is 2.22. The van der Waals surface area contributed by atoms with Crippen LogP contribution in [0.3, 0.4) is 0 Å². The van der Waals surface area contributed by atoms with E-state index in [-0.39, 0.29) is 5.69 Å². The molecule has 78 valence electrons. The maximum atomic E-state index is 13.1. The molecule has 0 saturated heterocycles. The number of anilines is 1. The minimum atomic E-state index is -0.391. The zero-order valence-corrected chi connectivity index (χ0v) is 9.42. The summed E-state index contributed by atoms with van der Waals surface area (Å²) in [5, 5.41) is 0. The summed E-state index contributed by atoms with van der Waals surface area (Å²) < 4.78 is 19.1. The van der Waals surface area contributed by atoms with Crippen molar-refractivity contribution < 1.29 is 8.81 Å². The van der Waals surface area contributed by atoms with Gasteiger partial charge in [-0.25, -0.2) is 4.39 Å². The second-order valence-electron chi connectivity index (χ2n) is 3.20. The molecule has 0 saturated carbocycles. The summed E-state index contributed by atoms with van der Waals surface area (Å²) in [6.07, 6.45) is 0.495. The predicted molar refractivity (Wildman–Crippen MR) is 60.0 cm³/mol. The Labute approximate surface area is 95.0 Å². The van der Waals surface area contributed by atoms with E-state index in [2.05, 4.69) is 15.9 Å². The lowest BCUT2D eigenvalue weighted by Gasteiger charge is -2.03. The third kappa shape index (κ3) is 2.21. The van der Waals surface area contributed by atoms with Crippen LogP contribution in [0.4, 0.5) is 10.1 Å². The van der Waals surface area contributed by atoms with Gasteiger partial charge >= 0.3 is 0 Å². The van der Waals surface area contributed by atoms with Crippen molar-refractivity contribution in [2.75, 3.05) is 5.73 Å². The quantitative estimate of drug-likeness (QED) is 0.850. The van der Waals surface area contributed by atoms with Crippen LogP contribution < -0.4 is 5.73 Å². The number of nitrogen functional groups attached to an aromatic ring is 1. The van der Waals surface area contributed by atoms with E-state index in [0.717, 1.165) is 11.3 Å². The lowest BCUT2D eigenvalue weighted by molar-refractivity contribution is 0.498. The van der Waals surface area contributed by atoms with Crippen molar-refractivity contribution in [1.82, 2.24) is 0 Å². The van der Waals surface area contributed by atoms with Crippen molar-refractivity contribution in [3.8, 4) is 0 Å². The maximum absolute atomic E-state index is 13.1. The van der Waals surface area contributed by atoms with Crippen LogP contribution in [0.25, 0.3) is 0 Å². The van der Waals surface area contributed by atoms with Gasteiger partial charge in [0.05, 0.1) is 5.69 Å². The van der Waals surface area contributed by atoms with Crippen molar-refractivity contribution in [2.45, 2.75) is 6.42 Å². The van der Waals surface area contributed by atoms with Crippen LogP contribution in [0.1, 0.15) is 11.3 Å². The van der Waals surface area contributed by atoms with Gasteiger partial charge in [-0.2, -0.15) is 0 Å². The SMILES string of the molecule is Nc1c(F)cccc1Cc1ccc(Br)o1. The lowest BCUT2D eigenvalue weighted by Crippen LogP contribution is -1.97. The second-order valence-corrected chi connectivity index (χ2v) is 3.98. The minimum absolute atomic E-state index is 0.185. The molecule has 15 heavy (non-hydrogen) atoms. The van der Waals surface area contributed by atoms with Crippen LogP contribution in [-0.2, 0) is 6.42 Å². The first-order valence-electron chi connectivity index (χ1n) is 4.44.